The normalized spacial score (nSPS) is 20.7. The first kappa shape index (κ1) is 9.92. The topological polar surface area (TPSA) is 46.2 Å². The molecule has 0 radical (unpaired) electrons. The lowest BCUT2D eigenvalue weighted by molar-refractivity contribution is -0.00381. The van der Waals surface area contributed by atoms with Crippen molar-refractivity contribution in [3.8, 4) is 0 Å². The van der Waals surface area contributed by atoms with Crippen LogP contribution in [0.4, 0.5) is 0 Å². The van der Waals surface area contributed by atoms with E-state index in [4.69, 9.17) is 5.73 Å². The van der Waals surface area contributed by atoms with Gasteiger partial charge in [0, 0.05) is 6.54 Å². The Morgan fingerprint density at radius 3 is 1.90 bits per heavy atom. The van der Waals surface area contributed by atoms with Gasteiger partial charge in [-0.25, -0.2) is 0 Å². The molecule has 3 N–H and O–H groups in total. The number of nitrogens with two attached hydrogens (primary N) is 1. The molecule has 0 aromatic heterocycles. The summed E-state index contributed by atoms with van der Waals surface area (Å²) in [6.45, 7) is 8.34. The van der Waals surface area contributed by atoms with Gasteiger partial charge < -0.3 is 10.8 Å². The smallest absolute Gasteiger partial charge is 0.0769 e. The Morgan fingerprint density at radius 2 is 1.80 bits per heavy atom. The van der Waals surface area contributed by atoms with Crippen molar-refractivity contribution in [1.82, 2.24) is 0 Å². The molecule has 0 aliphatic rings. The Morgan fingerprint density at radius 1 is 1.40 bits per heavy atom. The summed E-state index contributed by atoms with van der Waals surface area (Å²) in [6.07, 6.45) is 0. The van der Waals surface area contributed by atoms with Gasteiger partial charge in [-0.3, -0.25) is 0 Å². The van der Waals surface area contributed by atoms with Crippen molar-refractivity contribution in [3.05, 3.63) is 0 Å². The molecule has 0 aliphatic carbocycles. The van der Waals surface area contributed by atoms with Crippen molar-refractivity contribution in [2.75, 3.05) is 6.54 Å². The van der Waals surface area contributed by atoms with Crippen LogP contribution in [0.25, 0.3) is 0 Å². The highest BCUT2D eigenvalue weighted by Gasteiger charge is 2.28. The fourth-order valence-corrected chi connectivity index (χ4v) is 0.904. The van der Waals surface area contributed by atoms with Gasteiger partial charge in [0.05, 0.1) is 5.60 Å². The zero-order valence-electron chi connectivity index (χ0n) is 7.39. The quantitative estimate of drug-likeness (QED) is 0.622. The van der Waals surface area contributed by atoms with Crippen LogP contribution in [0.3, 0.4) is 0 Å². The summed E-state index contributed by atoms with van der Waals surface area (Å²) in [7, 11) is 0. The number of aliphatic hydroxyl groups is 1. The summed E-state index contributed by atoms with van der Waals surface area (Å²) < 4.78 is 0. The van der Waals surface area contributed by atoms with Crippen LogP contribution in [0.5, 0.6) is 0 Å². The van der Waals surface area contributed by atoms with E-state index in [0.29, 0.717) is 12.5 Å². The zero-order chi connectivity index (χ0) is 8.36. The number of rotatable bonds is 3. The largest absolute Gasteiger partial charge is 0.389 e. The van der Waals surface area contributed by atoms with E-state index < -0.39 is 5.60 Å². The summed E-state index contributed by atoms with van der Waals surface area (Å²) in [6, 6.07) is 0. The van der Waals surface area contributed by atoms with Gasteiger partial charge in [0.2, 0.25) is 0 Å². The predicted octanol–water partition coefficient (Wildman–Crippen LogP) is 0.988. The van der Waals surface area contributed by atoms with E-state index in [-0.39, 0.29) is 5.92 Å². The zero-order valence-corrected chi connectivity index (χ0v) is 7.39. The van der Waals surface area contributed by atoms with Crippen molar-refractivity contribution in [3.63, 3.8) is 0 Å². The van der Waals surface area contributed by atoms with Gasteiger partial charge in [0.25, 0.3) is 0 Å². The van der Waals surface area contributed by atoms with Crippen molar-refractivity contribution >= 4 is 0 Å². The minimum atomic E-state index is -0.700. The van der Waals surface area contributed by atoms with E-state index in [2.05, 4.69) is 13.8 Å². The molecule has 62 valence electrons. The lowest BCUT2D eigenvalue weighted by Crippen LogP contribution is -2.42. The molecule has 0 rings (SSSR count). The van der Waals surface area contributed by atoms with Gasteiger partial charge in [-0.1, -0.05) is 20.8 Å². The molecular formula is C8H19NO. The molecule has 0 fully saturated rings. The molecular weight excluding hydrogens is 126 g/mol. The van der Waals surface area contributed by atoms with Crippen LogP contribution in [-0.2, 0) is 0 Å². The molecule has 0 bridgehead atoms. The summed E-state index contributed by atoms with van der Waals surface area (Å²) in [5.41, 5.74) is 4.69. The lowest BCUT2D eigenvalue weighted by atomic mass is 9.82. The Bertz CT molecular complexity index is 99.4. The molecule has 0 amide bonds. The Balaban J connectivity index is 4.03. The Hall–Kier alpha value is -0.0800. The van der Waals surface area contributed by atoms with Crippen molar-refractivity contribution in [1.29, 1.82) is 0 Å². The van der Waals surface area contributed by atoms with E-state index in [0.717, 1.165) is 0 Å². The van der Waals surface area contributed by atoms with Gasteiger partial charge >= 0.3 is 0 Å². The third-order valence-electron chi connectivity index (χ3n) is 2.39. The standard InChI is InChI=1S/C8H19NO/c1-6(2)7(3)8(4,10)5-9/h6-7,10H,5,9H2,1-4H3. The third kappa shape index (κ3) is 2.27. The fraction of sp³-hybridized carbons (Fsp3) is 1.00. The summed E-state index contributed by atoms with van der Waals surface area (Å²) in [5, 5.41) is 9.64. The van der Waals surface area contributed by atoms with E-state index in [1.807, 2.05) is 6.92 Å². The first-order valence-electron chi connectivity index (χ1n) is 3.84. The first-order valence-corrected chi connectivity index (χ1v) is 3.84. The molecule has 2 atom stereocenters. The molecule has 0 saturated carbocycles. The molecule has 0 aromatic rings. The molecule has 0 heterocycles. The molecule has 2 nitrogen and oxygen atoms in total. The number of hydrogen-bond acceptors (Lipinski definition) is 2. The maximum atomic E-state index is 9.64. The van der Waals surface area contributed by atoms with Crippen LogP contribution in [0.1, 0.15) is 27.7 Å². The van der Waals surface area contributed by atoms with Crippen LogP contribution in [0.15, 0.2) is 0 Å². The monoisotopic (exact) mass is 145 g/mol. The minimum Gasteiger partial charge on any atom is -0.389 e. The molecule has 2 heteroatoms. The van der Waals surface area contributed by atoms with E-state index in [9.17, 15) is 5.11 Å². The third-order valence-corrected chi connectivity index (χ3v) is 2.39. The van der Waals surface area contributed by atoms with E-state index in [1.54, 1.807) is 6.92 Å². The van der Waals surface area contributed by atoms with Crippen molar-refractivity contribution < 1.29 is 5.11 Å². The van der Waals surface area contributed by atoms with E-state index >= 15 is 0 Å². The molecule has 0 saturated heterocycles. The molecule has 0 aliphatic heterocycles. The summed E-state index contributed by atoms with van der Waals surface area (Å²) in [5.74, 6) is 0.746. The van der Waals surface area contributed by atoms with Gasteiger partial charge in [0.1, 0.15) is 0 Å². The maximum absolute atomic E-state index is 9.64. The second kappa shape index (κ2) is 3.35. The highest BCUT2D eigenvalue weighted by Crippen LogP contribution is 2.22. The lowest BCUT2D eigenvalue weighted by Gasteiger charge is -2.31. The highest BCUT2D eigenvalue weighted by molar-refractivity contribution is 4.81. The van der Waals surface area contributed by atoms with E-state index in [1.165, 1.54) is 0 Å². The van der Waals surface area contributed by atoms with Crippen LogP contribution in [-0.4, -0.2) is 17.3 Å². The fourth-order valence-electron chi connectivity index (χ4n) is 0.904. The van der Waals surface area contributed by atoms with Gasteiger partial charge in [-0.05, 0) is 18.8 Å². The average molecular weight is 145 g/mol. The molecule has 2 unspecified atom stereocenters. The first-order chi connectivity index (χ1) is 4.41. The van der Waals surface area contributed by atoms with Gasteiger partial charge in [-0.15, -0.1) is 0 Å². The minimum absolute atomic E-state index is 0.262. The van der Waals surface area contributed by atoms with Crippen LogP contribution in [0.2, 0.25) is 0 Å². The second-order valence-electron chi connectivity index (χ2n) is 3.59. The summed E-state index contributed by atoms with van der Waals surface area (Å²) >= 11 is 0. The van der Waals surface area contributed by atoms with Gasteiger partial charge in [-0.2, -0.15) is 0 Å². The molecule has 0 spiro atoms. The Kier molecular flexibility index (Phi) is 3.33. The average Bonchev–Trinajstić information content (AvgIpc) is 1.86. The van der Waals surface area contributed by atoms with Crippen LogP contribution < -0.4 is 5.73 Å². The Labute approximate surface area is 63.4 Å². The summed E-state index contributed by atoms with van der Waals surface area (Å²) in [4.78, 5) is 0. The second-order valence-corrected chi connectivity index (χ2v) is 3.59. The van der Waals surface area contributed by atoms with Crippen LogP contribution >= 0.6 is 0 Å². The number of hydrogen-bond donors (Lipinski definition) is 2. The molecule has 10 heavy (non-hydrogen) atoms. The van der Waals surface area contributed by atoms with Crippen LogP contribution in [0, 0.1) is 11.8 Å². The molecule has 0 aromatic carbocycles. The highest BCUT2D eigenvalue weighted by atomic mass is 16.3. The van der Waals surface area contributed by atoms with Crippen molar-refractivity contribution in [2.24, 2.45) is 17.6 Å². The predicted molar refractivity (Wildman–Crippen MR) is 43.7 cm³/mol. The maximum Gasteiger partial charge on any atom is 0.0769 e. The SMILES string of the molecule is CC(C)C(C)C(C)(O)CN. The van der Waals surface area contributed by atoms with Crippen molar-refractivity contribution in [2.45, 2.75) is 33.3 Å². The van der Waals surface area contributed by atoms with Gasteiger partial charge in [0.15, 0.2) is 0 Å².